The number of rotatable bonds is 10. The van der Waals surface area contributed by atoms with Crippen molar-refractivity contribution < 1.29 is 29.3 Å². The first-order valence-electron chi connectivity index (χ1n) is 12.4. The molecule has 1 aliphatic rings. The molecule has 0 radical (unpaired) electrons. The number of aliphatic hydroxyl groups excluding tert-OH is 1. The summed E-state index contributed by atoms with van der Waals surface area (Å²) in [5, 5.41) is 25.5. The maximum absolute atomic E-state index is 13.8. The number of hydrogen-bond donors (Lipinski definition) is 4. The number of nitrogens with zero attached hydrogens (tertiary/aromatic N) is 1. The van der Waals surface area contributed by atoms with Crippen molar-refractivity contribution in [2.45, 2.75) is 103 Å². The van der Waals surface area contributed by atoms with Crippen molar-refractivity contribution in [2.75, 3.05) is 6.61 Å². The van der Waals surface area contributed by atoms with E-state index in [2.05, 4.69) is 10.6 Å². The molecular weight excluding hydrogens is 450 g/mol. The van der Waals surface area contributed by atoms with Crippen LogP contribution in [0.25, 0.3) is 0 Å². The van der Waals surface area contributed by atoms with Crippen molar-refractivity contribution in [3.05, 3.63) is 29.3 Å². The third-order valence-electron chi connectivity index (χ3n) is 6.07. The van der Waals surface area contributed by atoms with E-state index in [1.165, 1.54) is 11.0 Å². The molecule has 2 rings (SSSR count). The van der Waals surface area contributed by atoms with Gasteiger partial charge in [0.15, 0.2) is 0 Å². The molecule has 1 saturated carbocycles. The number of nitrogens with one attached hydrogen (secondary N) is 2. The zero-order chi connectivity index (χ0) is 26.3. The lowest BCUT2D eigenvalue weighted by atomic mass is 9.87. The Labute approximate surface area is 208 Å². The number of ether oxygens (including phenoxy) is 1. The number of phenols is 1. The minimum Gasteiger partial charge on any atom is -0.508 e. The first-order valence-corrected chi connectivity index (χ1v) is 12.4. The summed E-state index contributed by atoms with van der Waals surface area (Å²) in [5.41, 5.74) is 0.353. The molecule has 1 aliphatic carbocycles. The van der Waals surface area contributed by atoms with Crippen molar-refractivity contribution in [1.82, 2.24) is 15.5 Å². The molecule has 1 aromatic carbocycles. The van der Waals surface area contributed by atoms with Gasteiger partial charge in [-0.2, -0.15) is 0 Å². The standard InChI is InChI=1S/C26H41N3O6/c1-7-9-17(3)27-23(32)22(18-12-13-21(31)16(2)14-18)29(19-10-8-11-19)24(33)20(15-30)28-25(34)35-26(4,5)6/h12-14,17,19-20,22,30-31H,7-11,15H2,1-6H3,(H,27,32)(H,28,34). The minimum absolute atomic E-state index is 0.0913. The van der Waals surface area contributed by atoms with Crippen LogP contribution in [0.3, 0.4) is 0 Å². The maximum Gasteiger partial charge on any atom is 0.408 e. The van der Waals surface area contributed by atoms with E-state index in [9.17, 15) is 24.6 Å². The topological polar surface area (TPSA) is 128 Å². The average molecular weight is 492 g/mol. The Bertz CT molecular complexity index is 894. The van der Waals surface area contributed by atoms with Gasteiger partial charge in [-0.3, -0.25) is 9.59 Å². The molecule has 9 nitrogen and oxygen atoms in total. The van der Waals surface area contributed by atoms with Crippen LogP contribution >= 0.6 is 0 Å². The highest BCUT2D eigenvalue weighted by Gasteiger charge is 2.42. The van der Waals surface area contributed by atoms with Gasteiger partial charge in [0.2, 0.25) is 11.8 Å². The molecule has 9 heteroatoms. The van der Waals surface area contributed by atoms with Crippen LogP contribution < -0.4 is 10.6 Å². The molecule has 35 heavy (non-hydrogen) atoms. The van der Waals surface area contributed by atoms with E-state index in [0.717, 1.165) is 19.3 Å². The number of hydrogen-bond acceptors (Lipinski definition) is 6. The molecule has 0 aliphatic heterocycles. The van der Waals surface area contributed by atoms with E-state index >= 15 is 0 Å². The summed E-state index contributed by atoms with van der Waals surface area (Å²) in [6, 6.07) is 2.26. The van der Waals surface area contributed by atoms with Gasteiger partial charge in [0, 0.05) is 12.1 Å². The van der Waals surface area contributed by atoms with Gasteiger partial charge >= 0.3 is 6.09 Å². The van der Waals surface area contributed by atoms with E-state index in [-0.39, 0.29) is 23.7 Å². The molecule has 0 aromatic heterocycles. The highest BCUT2D eigenvalue weighted by atomic mass is 16.6. The van der Waals surface area contributed by atoms with Gasteiger partial charge < -0.3 is 30.5 Å². The molecule has 3 unspecified atom stereocenters. The summed E-state index contributed by atoms with van der Waals surface area (Å²) in [7, 11) is 0. The van der Waals surface area contributed by atoms with Crippen LogP contribution in [-0.2, 0) is 14.3 Å². The minimum atomic E-state index is -1.27. The summed E-state index contributed by atoms with van der Waals surface area (Å²) >= 11 is 0. The first-order chi connectivity index (χ1) is 16.4. The predicted octanol–water partition coefficient (Wildman–Crippen LogP) is 3.31. The Morgan fingerprint density at radius 1 is 1.20 bits per heavy atom. The van der Waals surface area contributed by atoms with Crippen LogP contribution in [0.5, 0.6) is 5.75 Å². The number of carbonyl (C=O) groups excluding carboxylic acids is 3. The number of benzene rings is 1. The predicted molar refractivity (Wildman–Crippen MR) is 133 cm³/mol. The normalized spacial score (nSPS) is 16.4. The fourth-order valence-corrected chi connectivity index (χ4v) is 4.11. The number of amides is 3. The van der Waals surface area contributed by atoms with Gasteiger partial charge in [0.25, 0.3) is 0 Å². The third kappa shape index (κ3) is 7.85. The second kappa shape index (κ2) is 12.2. The van der Waals surface area contributed by atoms with Crippen LogP contribution in [0.2, 0.25) is 0 Å². The van der Waals surface area contributed by atoms with E-state index in [1.54, 1.807) is 39.8 Å². The smallest absolute Gasteiger partial charge is 0.408 e. The van der Waals surface area contributed by atoms with Gasteiger partial charge in [-0.1, -0.05) is 19.4 Å². The summed E-state index contributed by atoms with van der Waals surface area (Å²) in [6.07, 6.45) is 3.18. The summed E-state index contributed by atoms with van der Waals surface area (Å²) in [6.45, 7) is 10.1. The molecule has 1 fully saturated rings. The molecular formula is C26H41N3O6. The Hall–Kier alpha value is -2.81. The third-order valence-corrected chi connectivity index (χ3v) is 6.07. The number of alkyl carbamates (subject to hydrolysis) is 1. The Balaban J connectivity index is 2.45. The van der Waals surface area contributed by atoms with Gasteiger partial charge in [-0.05, 0) is 83.6 Å². The molecule has 0 bridgehead atoms. The van der Waals surface area contributed by atoms with Crippen LogP contribution in [0.1, 0.15) is 83.9 Å². The van der Waals surface area contributed by atoms with E-state index < -0.39 is 36.3 Å². The van der Waals surface area contributed by atoms with Crippen LogP contribution in [0.15, 0.2) is 18.2 Å². The molecule has 3 atom stereocenters. The molecule has 0 heterocycles. The monoisotopic (exact) mass is 491 g/mol. The number of aliphatic hydroxyl groups is 1. The quantitative estimate of drug-likeness (QED) is 0.398. The zero-order valence-electron chi connectivity index (χ0n) is 21.8. The van der Waals surface area contributed by atoms with E-state index in [4.69, 9.17) is 4.74 Å². The zero-order valence-corrected chi connectivity index (χ0v) is 21.8. The van der Waals surface area contributed by atoms with Crippen LogP contribution in [0, 0.1) is 6.92 Å². The number of aromatic hydroxyl groups is 1. The lowest BCUT2D eigenvalue weighted by Crippen LogP contribution is -2.58. The van der Waals surface area contributed by atoms with Crippen molar-refractivity contribution in [1.29, 1.82) is 0 Å². The van der Waals surface area contributed by atoms with Crippen LogP contribution in [0.4, 0.5) is 4.79 Å². The van der Waals surface area contributed by atoms with Gasteiger partial charge in [-0.25, -0.2) is 4.79 Å². The van der Waals surface area contributed by atoms with Crippen molar-refractivity contribution in [3.63, 3.8) is 0 Å². The average Bonchev–Trinajstić information content (AvgIpc) is 2.71. The van der Waals surface area contributed by atoms with Crippen LogP contribution in [-0.4, -0.2) is 63.4 Å². The number of carbonyl (C=O) groups is 3. The van der Waals surface area contributed by atoms with Crippen molar-refractivity contribution in [2.24, 2.45) is 0 Å². The summed E-state index contributed by atoms with van der Waals surface area (Å²) < 4.78 is 5.26. The molecule has 3 amide bonds. The highest BCUT2D eigenvalue weighted by Crippen LogP contribution is 2.35. The van der Waals surface area contributed by atoms with Gasteiger partial charge in [0.05, 0.1) is 6.61 Å². The maximum atomic E-state index is 13.8. The summed E-state index contributed by atoms with van der Waals surface area (Å²) in [5.74, 6) is -0.809. The van der Waals surface area contributed by atoms with Gasteiger partial charge in [-0.15, -0.1) is 0 Å². The largest absolute Gasteiger partial charge is 0.508 e. The lowest BCUT2D eigenvalue weighted by Gasteiger charge is -2.43. The van der Waals surface area contributed by atoms with E-state index in [0.29, 0.717) is 24.0 Å². The first kappa shape index (κ1) is 28.4. The second-order valence-electron chi connectivity index (χ2n) is 10.4. The Morgan fingerprint density at radius 2 is 1.86 bits per heavy atom. The lowest BCUT2D eigenvalue weighted by molar-refractivity contribution is -0.148. The SMILES string of the molecule is CCCC(C)NC(=O)C(c1ccc(O)c(C)c1)N(C(=O)C(CO)NC(=O)OC(C)(C)C)C1CCC1. The van der Waals surface area contributed by atoms with E-state index in [1.807, 2.05) is 13.8 Å². The fraction of sp³-hybridized carbons (Fsp3) is 0.654. The van der Waals surface area contributed by atoms with Crippen molar-refractivity contribution in [3.8, 4) is 5.75 Å². The summed E-state index contributed by atoms with van der Waals surface area (Å²) in [4.78, 5) is 41.2. The molecule has 0 saturated heterocycles. The fourth-order valence-electron chi connectivity index (χ4n) is 4.11. The van der Waals surface area contributed by atoms with Gasteiger partial charge in [0.1, 0.15) is 23.4 Å². The highest BCUT2D eigenvalue weighted by molar-refractivity contribution is 5.92. The molecule has 196 valence electrons. The molecule has 0 spiro atoms. The number of aryl methyl sites for hydroxylation is 1. The molecule has 4 N–H and O–H groups in total. The Kier molecular flexibility index (Phi) is 9.94. The second-order valence-corrected chi connectivity index (χ2v) is 10.4. The molecule has 1 aromatic rings. The number of phenolic OH excluding ortho intramolecular Hbond substituents is 1. The Morgan fingerprint density at radius 3 is 2.34 bits per heavy atom. The van der Waals surface area contributed by atoms with Crippen molar-refractivity contribution >= 4 is 17.9 Å².